The van der Waals surface area contributed by atoms with E-state index in [0.29, 0.717) is 0 Å². The first-order chi connectivity index (χ1) is 6.85. The van der Waals surface area contributed by atoms with Crippen molar-refractivity contribution in [3.63, 3.8) is 0 Å². The Labute approximate surface area is 89.1 Å². The fraction of sp³-hybridized carbons (Fsp3) is 0.667. The minimum Gasteiger partial charge on any atom is -0.387 e. The van der Waals surface area contributed by atoms with Crippen LogP contribution in [0.4, 0.5) is 0 Å². The third kappa shape index (κ3) is 3.41. The van der Waals surface area contributed by atoms with E-state index in [1.165, 1.54) is 19.0 Å². The molecule has 5 nitrogen and oxygen atoms in total. The fourth-order valence-electron chi connectivity index (χ4n) is 1.58. The Morgan fingerprint density at radius 3 is 2.47 bits per heavy atom. The molecule has 1 fully saturated rings. The summed E-state index contributed by atoms with van der Waals surface area (Å²) in [6, 6.07) is 0. The van der Waals surface area contributed by atoms with Crippen LogP contribution >= 0.6 is 7.34 Å². The zero-order valence-electron chi connectivity index (χ0n) is 8.78. The maximum absolute atomic E-state index is 9.74. The lowest BCUT2D eigenvalue weighted by molar-refractivity contribution is -0.00362. The van der Waals surface area contributed by atoms with Gasteiger partial charge in [0.05, 0.1) is 6.10 Å². The van der Waals surface area contributed by atoms with Crippen LogP contribution in [-0.4, -0.2) is 52.7 Å². The van der Waals surface area contributed by atoms with Gasteiger partial charge in [0.25, 0.3) is 0 Å². The predicted molar refractivity (Wildman–Crippen MR) is 58.8 cm³/mol. The van der Waals surface area contributed by atoms with Gasteiger partial charge in [-0.2, -0.15) is 0 Å². The lowest BCUT2D eigenvalue weighted by Gasteiger charge is -2.15. The lowest BCUT2D eigenvalue weighted by atomic mass is 10.1. The monoisotopic (exact) mass is 236 g/mol. The Balaban J connectivity index is 2.67. The predicted octanol–water partition coefficient (Wildman–Crippen LogP) is -0.0725. The van der Waals surface area contributed by atoms with Crippen LogP contribution in [0.3, 0.4) is 0 Å². The van der Waals surface area contributed by atoms with Crippen LogP contribution in [0.5, 0.6) is 0 Å². The molecule has 4 atom stereocenters. The minimum absolute atomic E-state index is 0.227. The standard InChI is InChI=1S/C9H17O5P/c1-6-9(13-2)8(10)7(14-6)4-5-15(3,11)12/h4-12H,3H2,1-2H3/b5-4+/t6-,7+,8-,9?/m0/s1. The van der Waals surface area contributed by atoms with Crippen molar-refractivity contribution in [2.45, 2.75) is 31.3 Å². The smallest absolute Gasteiger partial charge is 0.134 e. The Hall–Kier alpha value is -0.160. The Bertz CT molecular complexity index is 284. The minimum atomic E-state index is -3.21. The van der Waals surface area contributed by atoms with Crippen molar-refractivity contribution >= 4 is 13.6 Å². The van der Waals surface area contributed by atoms with Gasteiger partial charge >= 0.3 is 0 Å². The molecular formula is C9H17O5P. The molecule has 0 spiro atoms. The van der Waals surface area contributed by atoms with Crippen LogP contribution in [0.2, 0.25) is 0 Å². The molecule has 1 aliphatic heterocycles. The molecule has 1 unspecified atom stereocenters. The second-order valence-electron chi connectivity index (χ2n) is 3.62. The number of rotatable bonds is 3. The van der Waals surface area contributed by atoms with Gasteiger partial charge in [0.1, 0.15) is 25.7 Å². The van der Waals surface area contributed by atoms with E-state index in [-0.39, 0.29) is 6.10 Å². The van der Waals surface area contributed by atoms with Gasteiger partial charge < -0.3 is 24.4 Å². The molecule has 0 amide bonds. The molecule has 0 bridgehead atoms. The van der Waals surface area contributed by atoms with Crippen LogP contribution in [0.15, 0.2) is 11.9 Å². The van der Waals surface area contributed by atoms with E-state index in [2.05, 4.69) is 6.30 Å². The molecule has 0 saturated carbocycles. The molecule has 0 radical (unpaired) electrons. The van der Waals surface area contributed by atoms with Crippen molar-refractivity contribution in [3.8, 4) is 0 Å². The fourth-order valence-corrected chi connectivity index (χ4v) is 2.03. The van der Waals surface area contributed by atoms with Gasteiger partial charge in [0.2, 0.25) is 0 Å². The number of aliphatic hydroxyl groups is 1. The Morgan fingerprint density at radius 1 is 1.47 bits per heavy atom. The van der Waals surface area contributed by atoms with Gasteiger partial charge in [0, 0.05) is 7.11 Å². The summed E-state index contributed by atoms with van der Waals surface area (Å²) in [5.74, 6) is 1.17. The van der Waals surface area contributed by atoms with E-state index < -0.39 is 25.7 Å². The highest BCUT2D eigenvalue weighted by Crippen LogP contribution is 2.36. The zero-order valence-corrected chi connectivity index (χ0v) is 9.67. The zero-order chi connectivity index (χ0) is 11.6. The number of aliphatic hydroxyl groups excluding tert-OH is 1. The largest absolute Gasteiger partial charge is 0.387 e. The molecular weight excluding hydrogens is 219 g/mol. The summed E-state index contributed by atoms with van der Waals surface area (Å²) in [4.78, 5) is 18.1. The van der Waals surface area contributed by atoms with E-state index in [0.717, 1.165) is 0 Å². The van der Waals surface area contributed by atoms with Crippen molar-refractivity contribution < 1.29 is 24.4 Å². The third-order valence-corrected chi connectivity index (χ3v) is 2.94. The van der Waals surface area contributed by atoms with Gasteiger partial charge in [0.15, 0.2) is 0 Å². The normalized spacial score (nSPS) is 37.7. The molecule has 15 heavy (non-hydrogen) atoms. The quantitative estimate of drug-likeness (QED) is 0.598. The van der Waals surface area contributed by atoms with E-state index in [4.69, 9.17) is 19.3 Å². The summed E-state index contributed by atoms with van der Waals surface area (Å²) < 4.78 is 10.4. The van der Waals surface area contributed by atoms with Gasteiger partial charge in [-0.1, -0.05) is 0 Å². The van der Waals surface area contributed by atoms with Crippen molar-refractivity contribution in [2.24, 2.45) is 0 Å². The number of ether oxygens (including phenoxy) is 2. The molecule has 0 aromatic rings. The van der Waals surface area contributed by atoms with Crippen molar-refractivity contribution in [1.82, 2.24) is 0 Å². The van der Waals surface area contributed by atoms with Crippen LogP contribution < -0.4 is 0 Å². The lowest BCUT2D eigenvalue weighted by Crippen LogP contribution is -2.32. The molecule has 1 aliphatic rings. The summed E-state index contributed by atoms with van der Waals surface area (Å²) in [7, 11) is -1.71. The Kier molecular flexibility index (Phi) is 4.12. The third-order valence-electron chi connectivity index (χ3n) is 2.29. The molecule has 0 aromatic carbocycles. The molecule has 1 rings (SSSR count). The molecule has 1 saturated heterocycles. The molecule has 3 N–H and O–H groups in total. The number of hydrogen-bond donors (Lipinski definition) is 3. The Morgan fingerprint density at radius 2 is 2.07 bits per heavy atom. The van der Waals surface area contributed by atoms with Crippen molar-refractivity contribution in [3.05, 3.63) is 11.9 Å². The topological polar surface area (TPSA) is 79.2 Å². The van der Waals surface area contributed by atoms with E-state index in [9.17, 15) is 5.11 Å². The van der Waals surface area contributed by atoms with Crippen LogP contribution in [0.25, 0.3) is 0 Å². The molecule has 1 heterocycles. The summed E-state index contributed by atoms with van der Waals surface area (Å²) in [6.45, 7) is 1.79. The van der Waals surface area contributed by atoms with Crippen molar-refractivity contribution in [1.29, 1.82) is 0 Å². The summed E-state index contributed by atoms with van der Waals surface area (Å²) in [6.07, 6.45) is 2.60. The number of methoxy groups -OCH3 is 1. The first-order valence-electron chi connectivity index (χ1n) is 4.59. The van der Waals surface area contributed by atoms with Gasteiger partial charge in [-0.15, -0.1) is 0 Å². The van der Waals surface area contributed by atoms with Gasteiger partial charge in [-0.3, -0.25) is 0 Å². The van der Waals surface area contributed by atoms with Crippen LogP contribution in [-0.2, 0) is 9.47 Å². The molecule has 0 aliphatic carbocycles. The summed E-state index contributed by atoms with van der Waals surface area (Å²) in [5, 5.41) is 9.74. The van der Waals surface area contributed by atoms with Crippen LogP contribution in [0.1, 0.15) is 6.92 Å². The summed E-state index contributed by atoms with van der Waals surface area (Å²) in [5.41, 5.74) is 0. The highest BCUT2D eigenvalue weighted by atomic mass is 31.2. The SMILES string of the molecule is C=P(O)(O)/C=C/[C@H]1O[C@@H](C)C(OC)[C@H]1O. The average Bonchev–Trinajstić information content (AvgIpc) is 2.37. The van der Waals surface area contributed by atoms with E-state index in [1.807, 2.05) is 0 Å². The van der Waals surface area contributed by atoms with Gasteiger partial charge in [-0.05, 0) is 25.1 Å². The highest BCUT2D eigenvalue weighted by Gasteiger charge is 2.40. The molecule has 88 valence electrons. The first kappa shape index (κ1) is 12.9. The first-order valence-corrected chi connectivity index (χ1v) is 6.54. The molecule has 0 aromatic heterocycles. The highest BCUT2D eigenvalue weighted by molar-refractivity contribution is 7.65. The summed E-state index contributed by atoms with van der Waals surface area (Å²) >= 11 is 0. The van der Waals surface area contributed by atoms with E-state index >= 15 is 0 Å². The second kappa shape index (κ2) is 4.78. The average molecular weight is 236 g/mol. The van der Waals surface area contributed by atoms with Crippen LogP contribution in [0, 0.1) is 0 Å². The molecule has 6 heteroatoms. The second-order valence-corrected chi connectivity index (χ2v) is 5.49. The van der Waals surface area contributed by atoms with E-state index in [1.54, 1.807) is 6.92 Å². The van der Waals surface area contributed by atoms with Crippen molar-refractivity contribution in [2.75, 3.05) is 7.11 Å². The maximum atomic E-state index is 9.74. The maximum Gasteiger partial charge on any atom is 0.134 e. The van der Waals surface area contributed by atoms with Gasteiger partial charge in [-0.25, -0.2) is 0 Å². The number of hydrogen-bond acceptors (Lipinski definition) is 5.